The molecule has 2 aliphatic rings. The summed E-state index contributed by atoms with van der Waals surface area (Å²) < 4.78 is 0. The van der Waals surface area contributed by atoms with Gasteiger partial charge in [0.2, 0.25) is 5.91 Å². The quantitative estimate of drug-likeness (QED) is 0.876. The normalized spacial score (nSPS) is 20.1. The summed E-state index contributed by atoms with van der Waals surface area (Å²) in [6.07, 6.45) is 4.24. The fraction of sp³-hybridized carbons (Fsp3) is 0.524. The van der Waals surface area contributed by atoms with Gasteiger partial charge in [-0.05, 0) is 50.2 Å². The highest BCUT2D eigenvalue weighted by molar-refractivity contribution is 5.86. The van der Waals surface area contributed by atoms with Crippen LogP contribution in [0.3, 0.4) is 0 Å². The molecule has 4 rings (SSSR count). The summed E-state index contributed by atoms with van der Waals surface area (Å²) in [5, 5.41) is 10.7. The molecule has 5 heteroatoms. The van der Waals surface area contributed by atoms with E-state index in [4.69, 9.17) is 0 Å². The largest absolute Gasteiger partial charge is 0.481 e. The molecule has 1 amide bonds. The lowest BCUT2D eigenvalue weighted by molar-refractivity contribution is -0.159. The number of H-pyrrole nitrogens is 1. The lowest BCUT2D eigenvalue weighted by Crippen LogP contribution is -2.45. The van der Waals surface area contributed by atoms with E-state index in [2.05, 4.69) is 30.1 Å². The molecule has 2 heterocycles. The molecular weight excluding hydrogens is 328 g/mol. The molecule has 1 aliphatic heterocycles. The molecule has 1 aromatic heterocycles. The Labute approximate surface area is 153 Å². The number of carbonyl (C=O) groups excluding carboxylic acids is 1. The summed E-state index contributed by atoms with van der Waals surface area (Å²) in [7, 11) is 0. The number of carboxylic acids is 1. The van der Waals surface area contributed by atoms with Crippen LogP contribution in [-0.2, 0) is 9.59 Å². The molecule has 0 radical (unpaired) electrons. The molecule has 2 fully saturated rings. The second-order valence-corrected chi connectivity index (χ2v) is 7.98. The molecule has 138 valence electrons. The second-order valence-electron chi connectivity index (χ2n) is 7.98. The maximum absolute atomic E-state index is 12.6. The number of aromatic amines is 1. The van der Waals surface area contributed by atoms with Crippen LogP contribution in [-0.4, -0.2) is 40.0 Å². The number of para-hydroxylation sites is 1. The minimum absolute atomic E-state index is 0.0150. The summed E-state index contributed by atoms with van der Waals surface area (Å²) in [4.78, 5) is 29.5. The first-order valence-corrected chi connectivity index (χ1v) is 9.58. The zero-order valence-corrected chi connectivity index (χ0v) is 15.3. The third-order valence-electron chi connectivity index (χ3n) is 6.45. The van der Waals surface area contributed by atoms with Gasteiger partial charge in [-0.15, -0.1) is 0 Å². The van der Waals surface area contributed by atoms with Crippen LogP contribution in [0.1, 0.15) is 55.7 Å². The van der Waals surface area contributed by atoms with E-state index in [0.717, 1.165) is 32.4 Å². The van der Waals surface area contributed by atoms with Crippen molar-refractivity contribution >= 4 is 22.8 Å². The van der Waals surface area contributed by atoms with Crippen LogP contribution >= 0.6 is 0 Å². The van der Waals surface area contributed by atoms with Crippen molar-refractivity contribution in [1.29, 1.82) is 0 Å². The van der Waals surface area contributed by atoms with Crippen molar-refractivity contribution in [2.24, 2.45) is 5.41 Å². The number of carboxylic acid groups (broad SMARTS) is 1. The van der Waals surface area contributed by atoms with Gasteiger partial charge in [0, 0.05) is 36.1 Å². The molecule has 2 N–H and O–H groups in total. The van der Waals surface area contributed by atoms with Crippen LogP contribution in [0.25, 0.3) is 10.9 Å². The fourth-order valence-corrected chi connectivity index (χ4v) is 4.71. The number of benzene rings is 1. The van der Waals surface area contributed by atoms with E-state index in [1.165, 1.54) is 22.2 Å². The van der Waals surface area contributed by atoms with Crippen molar-refractivity contribution < 1.29 is 14.7 Å². The number of hydrogen-bond donors (Lipinski definition) is 2. The van der Waals surface area contributed by atoms with Gasteiger partial charge < -0.3 is 15.0 Å². The lowest BCUT2D eigenvalue weighted by Gasteiger charge is -2.40. The maximum atomic E-state index is 12.6. The molecule has 1 aliphatic carbocycles. The minimum Gasteiger partial charge on any atom is -0.481 e. The van der Waals surface area contributed by atoms with E-state index < -0.39 is 11.4 Å². The third-order valence-corrected chi connectivity index (χ3v) is 6.45. The van der Waals surface area contributed by atoms with E-state index in [1.807, 2.05) is 11.0 Å². The molecule has 26 heavy (non-hydrogen) atoms. The Bertz CT molecular complexity index is 842. The molecule has 1 saturated carbocycles. The monoisotopic (exact) mass is 354 g/mol. The minimum atomic E-state index is -0.804. The van der Waals surface area contributed by atoms with E-state index in [1.54, 1.807) is 0 Å². The number of rotatable bonds is 4. The molecule has 1 saturated heterocycles. The standard InChI is InChI=1S/C21H26N2O3/c1-14-19(16-5-2-3-6-17(16)22-14)15-7-11-23(12-8-15)18(24)13-21(20(25)26)9-4-10-21/h2-3,5-6,15,22H,4,7-13H2,1H3,(H,25,26). The SMILES string of the molecule is Cc1[nH]c2ccccc2c1C1CCN(C(=O)CC2(C(=O)O)CCC2)CC1. The first kappa shape index (κ1) is 17.1. The highest BCUT2D eigenvalue weighted by atomic mass is 16.4. The molecule has 0 bridgehead atoms. The zero-order valence-electron chi connectivity index (χ0n) is 15.3. The van der Waals surface area contributed by atoms with Crippen LogP contribution in [0.15, 0.2) is 24.3 Å². The smallest absolute Gasteiger partial charge is 0.310 e. The number of aliphatic carboxylic acids is 1. The van der Waals surface area contributed by atoms with Crippen molar-refractivity contribution in [1.82, 2.24) is 9.88 Å². The van der Waals surface area contributed by atoms with Crippen molar-refractivity contribution in [3.8, 4) is 0 Å². The number of piperidine rings is 1. The van der Waals surface area contributed by atoms with Gasteiger partial charge in [-0.2, -0.15) is 0 Å². The van der Waals surface area contributed by atoms with Gasteiger partial charge in [-0.1, -0.05) is 24.6 Å². The number of nitrogens with one attached hydrogen (secondary N) is 1. The van der Waals surface area contributed by atoms with Gasteiger partial charge in [0.15, 0.2) is 0 Å². The van der Waals surface area contributed by atoms with Crippen molar-refractivity contribution in [3.63, 3.8) is 0 Å². The van der Waals surface area contributed by atoms with Gasteiger partial charge in [0.1, 0.15) is 0 Å². The van der Waals surface area contributed by atoms with E-state index in [-0.39, 0.29) is 12.3 Å². The molecule has 1 aromatic carbocycles. The van der Waals surface area contributed by atoms with E-state index in [9.17, 15) is 14.7 Å². The first-order valence-electron chi connectivity index (χ1n) is 9.58. The molecule has 0 spiro atoms. The Morgan fingerprint density at radius 3 is 2.54 bits per heavy atom. The van der Waals surface area contributed by atoms with E-state index in [0.29, 0.717) is 18.8 Å². The van der Waals surface area contributed by atoms with Crippen LogP contribution in [0.5, 0.6) is 0 Å². The number of fused-ring (bicyclic) bond motifs is 1. The predicted octanol–water partition coefficient (Wildman–Crippen LogP) is 3.83. The van der Waals surface area contributed by atoms with E-state index >= 15 is 0 Å². The molecular formula is C21H26N2O3. The predicted molar refractivity (Wildman–Crippen MR) is 100 cm³/mol. The Balaban J connectivity index is 1.43. The Morgan fingerprint density at radius 2 is 1.92 bits per heavy atom. The van der Waals surface area contributed by atoms with Crippen LogP contribution < -0.4 is 0 Å². The van der Waals surface area contributed by atoms with Gasteiger partial charge in [-0.25, -0.2) is 0 Å². The number of hydrogen-bond acceptors (Lipinski definition) is 2. The number of amides is 1. The zero-order chi connectivity index (χ0) is 18.3. The van der Waals surface area contributed by atoms with Gasteiger partial charge in [0.25, 0.3) is 0 Å². The van der Waals surface area contributed by atoms with Gasteiger partial charge in [0.05, 0.1) is 5.41 Å². The van der Waals surface area contributed by atoms with Crippen molar-refractivity contribution in [2.45, 2.75) is 51.4 Å². The number of carbonyl (C=O) groups is 2. The molecule has 0 atom stereocenters. The topological polar surface area (TPSA) is 73.4 Å². The average molecular weight is 354 g/mol. The Morgan fingerprint density at radius 1 is 1.23 bits per heavy atom. The molecule has 5 nitrogen and oxygen atoms in total. The number of aryl methyl sites for hydroxylation is 1. The van der Waals surface area contributed by atoms with Crippen molar-refractivity contribution in [3.05, 3.63) is 35.5 Å². The Kier molecular flexibility index (Phi) is 4.25. The number of aromatic nitrogens is 1. The summed E-state index contributed by atoms with van der Waals surface area (Å²) in [6, 6.07) is 8.39. The molecule has 2 aromatic rings. The lowest BCUT2D eigenvalue weighted by atomic mass is 9.66. The number of likely N-dealkylation sites (tertiary alicyclic amines) is 1. The average Bonchev–Trinajstić information content (AvgIpc) is 2.93. The van der Waals surface area contributed by atoms with Crippen LogP contribution in [0.2, 0.25) is 0 Å². The van der Waals surface area contributed by atoms with Crippen LogP contribution in [0.4, 0.5) is 0 Å². The third kappa shape index (κ3) is 2.79. The maximum Gasteiger partial charge on any atom is 0.310 e. The first-order chi connectivity index (χ1) is 12.5. The Hall–Kier alpha value is -2.30. The van der Waals surface area contributed by atoms with Gasteiger partial charge in [-0.3, -0.25) is 9.59 Å². The van der Waals surface area contributed by atoms with Gasteiger partial charge >= 0.3 is 5.97 Å². The highest BCUT2D eigenvalue weighted by Crippen LogP contribution is 2.45. The van der Waals surface area contributed by atoms with Crippen molar-refractivity contribution in [2.75, 3.05) is 13.1 Å². The summed E-state index contributed by atoms with van der Waals surface area (Å²) in [5.41, 5.74) is 2.98. The summed E-state index contributed by atoms with van der Waals surface area (Å²) in [5.74, 6) is -0.338. The highest BCUT2D eigenvalue weighted by Gasteiger charge is 2.46. The summed E-state index contributed by atoms with van der Waals surface area (Å²) >= 11 is 0. The summed E-state index contributed by atoms with van der Waals surface area (Å²) in [6.45, 7) is 3.57. The second kappa shape index (κ2) is 6.45. The number of nitrogens with zero attached hydrogens (tertiary/aromatic N) is 1. The van der Waals surface area contributed by atoms with Crippen LogP contribution in [0, 0.1) is 12.3 Å². The molecule has 0 unspecified atom stereocenters. The fourth-order valence-electron chi connectivity index (χ4n) is 4.71.